The molecule has 0 bridgehead atoms. The van der Waals surface area contributed by atoms with Crippen molar-refractivity contribution in [2.24, 2.45) is 0 Å². The molecule has 0 radical (unpaired) electrons. The molecular weight excluding hydrogens is 286 g/mol. The lowest BCUT2D eigenvalue weighted by molar-refractivity contribution is -0.121. The van der Waals surface area contributed by atoms with Gasteiger partial charge in [-0.2, -0.15) is 0 Å². The van der Waals surface area contributed by atoms with Gasteiger partial charge in [-0.1, -0.05) is 29.8 Å². The van der Waals surface area contributed by atoms with Crippen molar-refractivity contribution in [3.05, 3.63) is 65.5 Å². The number of pyridine rings is 1. The van der Waals surface area contributed by atoms with Crippen molar-refractivity contribution < 1.29 is 4.79 Å². The molecular formula is C19H25N3O. The van der Waals surface area contributed by atoms with E-state index in [4.69, 9.17) is 0 Å². The van der Waals surface area contributed by atoms with Gasteiger partial charge < -0.3 is 10.2 Å². The molecule has 23 heavy (non-hydrogen) atoms. The fourth-order valence-electron chi connectivity index (χ4n) is 2.27. The number of hydrogen-bond acceptors (Lipinski definition) is 3. The van der Waals surface area contributed by atoms with E-state index in [2.05, 4.69) is 53.4 Å². The van der Waals surface area contributed by atoms with E-state index in [-0.39, 0.29) is 5.91 Å². The smallest absolute Gasteiger partial charge is 0.221 e. The van der Waals surface area contributed by atoms with Crippen molar-refractivity contribution >= 4 is 5.91 Å². The van der Waals surface area contributed by atoms with Gasteiger partial charge in [0.15, 0.2) is 0 Å². The van der Waals surface area contributed by atoms with Crippen molar-refractivity contribution in [1.82, 2.24) is 15.2 Å². The topological polar surface area (TPSA) is 45.2 Å². The Morgan fingerprint density at radius 1 is 1.04 bits per heavy atom. The lowest BCUT2D eigenvalue weighted by atomic mass is 10.1. The van der Waals surface area contributed by atoms with E-state index in [9.17, 15) is 4.79 Å². The summed E-state index contributed by atoms with van der Waals surface area (Å²) in [6, 6.07) is 12.3. The summed E-state index contributed by atoms with van der Waals surface area (Å²) >= 11 is 0. The predicted molar refractivity (Wildman–Crippen MR) is 93.1 cm³/mol. The standard InChI is InChI=1S/C19H25N3O/c1-16-3-5-18(6-4-16)15-21-19(23)10-14-22(2)13-9-17-7-11-20-12-8-17/h3-8,11-12H,9-10,13-15H2,1-2H3,(H,21,23). The van der Waals surface area contributed by atoms with E-state index >= 15 is 0 Å². The maximum absolute atomic E-state index is 11.9. The van der Waals surface area contributed by atoms with Crippen LogP contribution in [0.1, 0.15) is 23.1 Å². The number of aryl methyl sites for hydroxylation is 1. The highest BCUT2D eigenvalue weighted by molar-refractivity contribution is 5.76. The molecule has 0 aliphatic carbocycles. The summed E-state index contributed by atoms with van der Waals surface area (Å²) in [6.07, 6.45) is 5.13. The van der Waals surface area contributed by atoms with E-state index in [0.29, 0.717) is 13.0 Å². The molecule has 4 heteroatoms. The first-order valence-electron chi connectivity index (χ1n) is 8.03. The third-order valence-corrected chi connectivity index (χ3v) is 3.86. The fourth-order valence-corrected chi connectivity index (χ4v) is 2.27. The molecule has 1 heterocycles. The van der Waals surface area contributed by atoms with Gasteiger partial charge in [0.2, 0.25) is 5.91 Å². The number of nitrogens with zero attached hydrogens (tertiary/aromatic N) is 2. The number of likely N-dealkylation sites (N-methyl/N-ethyl adjacent to an activating group) is 1. The van der Waals surface area contributed by atoms with Crippen LogP contribution in [-0.4, -0.2) is 35.9 Å². The summed E-state index contributed by atoms with van der Waals surface area (Å²) in [6.45, 7) is 4.37. The van der Waals surface area contributed by atoms with Crippen LogP contribution in [0.25, 0.3) is 0 Å². The Morgan fingerprint density at radius 2 is 1.74 bits per heavy atom. The van der Waals surface area contributed by atoms with Crippen LogP contribution in [0, 0.1) is 6.92 Å². The quantitative estimate of drug-likeness (QED) is 0.815. The Bertz CT molecular complexity index is 596. The van der Waals surface area contributed by atoms with Gasteiger partial charge >= 0.3 is 0 Å². The highest BCUT2D eigenvalue weighted by atomic mass is 16.1. The van der Waals surface area contributed by atoms with Crippen molar-refractivity contribution in [2.75, 3.05) is 20.1 Å². The predicted octanol–water partition coefficient (Wildman–Crippen LogP) is 2.57. The average Bonchev–Trinajstić information content (AvgIpc) is 2.58. The molecule has 2 aromatic rings. The van der Waals surface area contributed by atoms with E-state index in [1.54, 1.807) is 0 Å². The summed E-state index contributed by atoms with van der Waals surface area (Å²) in [5.74, 6) is 0.0985. The summed E-state index contributed by atoms with van der Waals surface area (Å²) in [5, 5.41) is 2.97. The monoisotopic (exact) mass is 311 g/mol. The second-order valence-corrected chi connectivity index (χ2v) is 5.92. The minimum absolute atomic E-state index is 0.0985. The molecule has 0 saturated carbocycles. The summed E-state index contributed by atoms with van der Waals surface area (Å²) in [5.41, 5.74) is 3.64. The van der Waals surface area contributed by atoms with Crippen LogP contribution in [0.15, 0.2) is 48.8 Å². The molecule has 0 aliphatic heterocycles. The molecule has 0 fully saturated rings. The SMILES string of the molecule is Cc1ccc(CNC(=O)CCN(C)CCc2ccncc2)cc1. The third-order valence-electron chi connectivity index (χ3n) is 3.86. The minimum Gasteiger partial charge on any atom is -0.352 e. The van der Waals surface area contributed by atoms with Gasteiger partial charge in [0.25, 0.3) is 0 Å². The molecule has 1 N–H and O–H groups in total. The molecule has 0 atom stereocenters. The summed E-state index contributed by atoms with van der Waals surface area (Å²) in [7, 11) is 2.05. The zero-order chi connectivity index (χ0) is 16.5. The number of carbonyl (C=O) groups is 1. The number of rotatable bonds is 8. The van der Waals surface area contributed by atoms with Gasteiger partial charge in [-0.05, 0) is 43.7 Å². The Balaban J connectivity index is 1.62. The van der Waals surface area contributed by atoms with Gasteiger partial charge in [-0.25, -0.2) is 0 Å². The minimum atomic E-state index is 0.0985. The molecule has 4 nitrogen and oxygen atoms in total. The summed E-state index contributed by atoms with van der Waals surface area (Å²) < 4.78 is 0. The third kappa shape index (κ3) is 6.61. The van der Waals surface area contributed by atoms with Crippen LogP contribution in [0.5, 0.6) is 0 Å². The van der Waals surface area contributed by atoms with Gasteiger partial charge in [-0.15, -0.1) is 0 Å². The summed E-state index contributed by atoms with van der Waals surface area (Å²) in [4.78, 5) is 18.1. The van der Waals surface area contributed by atoms with Crippen LogP contribution < -0.4 is 5.32 Å². The first-order chi connectivity index (χ1) is 11.1. The normalized spacial score (nSPS) is 10.7. The molecule has 1 aromatic heterocycles. The molecule has 0 aliphatic rings. The van der Waals surface area contributed by atoms with Crippen LogP contribution in [0.4, 0.5) is 0 Å². The Hall–Kier alpha value is -2.20. The molecule has 2 rings (SSSR count). The van der Waals surface area contributed by atoms with E-state index < -0.39 is 0 Å². The van der Waals surface area contributed by atoms with Crippen LogP contribution >= 0.6 is 0 Å². The molecule has 1 amide bonds. The zero-order valence-corrected chi connectivity index (χ0v) is 14.0. The largest absolute Gasteiger partial charge is 0.352 e. The maximum atomic E-state index is 11.9. The molecule has 0 spiro atoms. The van der Waals surface area contributed by atoms with Gasteiger partial charge in [-0.3, -0.25) is 9.78 Å². The number of hydrogen-bond donors (Lipinski definition) is 1. The lowest BCUT2D eigenvalue weighted by Gasteiger charge is -2.16. The van der Waals surface area contributed by atoms with E-state index in [1.807, 2.05) is 24.5 Å². The lowest BCUT2D eigenvalue weighted by Crippen LogP contribution is -2.29. The number of aromatic nitrogens is 1. The van der Waals surface area contributed by atoms with Crippen LogP contribution in [0.2, 0.25) is 0 Å². The number of nitrogens with one attached hydrogen (secondary N) is 1. The Labute approximate surface area is 138 Å². The first kappa shape index (κ1) is 17.2. The van der Waals surface area contributed by atoms with Crippen molar-refractivity contribution in [3.63, 3.8) is 0 Å². The number of amides is 1. The molecule has 122 valence electrons. The maximum Gasteiger partial charge on any atom is 0.221 e. The van der Waals surface area contributed by atoms with Crippen LogP contribution in [-0.2, 0) is 17.8 Å². The van der Waals surface area contributed by atoms with Crippen molar-refractivity contribution in [3.8, 4) is 0 Å². The zero-order valence-electron chi connectivity index (χ0n) is 14.0. The molecule has 0 unspecified atom stereocenters. The second kappa shape index (κ2) is 9.06. The van der Waals surface area contributed by atoms with Gasteiger partial charge in [0.05, 0.1) is 0 Å². The molecule has 0 saturated heterocycles. The fraction of sp³-hybridized carbons (Fsp3) is 0.368. The second-order valence-electron chi connectivity index (χ2n) is 5.92. The Kier molecular flexibility index (Phi) is 6.76. The first-order valence-corrected chi connectivity index (χ1v) is 8.03. The van der Waals surface area contributed by atoms with Gasteiger partial charge in [0.1, 0.15) is 0 Å². The van der Waals surface area contributed by atoms with Crippen LogP contribution in [0.3, 0.4) is 0 Å². The van der Waals surface area contributed by atoms with E-state index in [1.165, 1.54) is 11.1 Å². The average molecular weight is 311 g/mol. The van der Waals surface area contributed by atoms with Crippen molar-refractivity contribution in [1.29, 1.82) is 0 Å². The highest BCUT2D eigenvalue weighted by Crippen LogP contribution is 2.03. The van der Waals surface area contributed by atoms with Gasteiger partial charge in [0, 0.05) is 38.4 Å². The Morgan fingerprint density at radius 3 is 2.43 bits per heavy atom. The number of carbonyl (C=O) groups excluding carboxylic acids is 1. The molecule has 1 aromatic carbocycles. The van der Waals surface area contributed by atoms with E-state index in [0.717, 1.165) is 25.1 Å². The van der Waals surface area contributed by atoms with Crippen molar-refractivity contribution in [2.45, 2.75) is 26.3 Å². The number of benzene rings is 1. The highest BCUT2D eigenvalue weighted by Gasteiger charge is 2.05.